The van der Waals surface area contributed by atoms with E-state index in [0.29, 0.717) is 5.69 Å². The number of carbonyl (C=O) groups is 2. The maximum atomic E-state index is 11.3. The summed E-state index contributed by atoms with van der Waals surface area (Å²) >= 11 is 0. The van der Waals surface area contributed by atoms with Gasteiger partial charge in [-0.25, -0.2) is 9.69 Å². The number of imide groups is 1. The number of phenolic OH excluding ortho intramolecular Hbond substituents is 1. The van der Waals surface area contributed by atoms with Gasteiger partial charge >= 0.3 is 6.03 Å². The van der Waals surface area contributed by atoms with Gasteiger partial charge in [0, 0.05) is 0 Å². The molecule has 0 saturated carbocycles. The molecule has 1 aliphatic rings. The zero-order valence-electron chi connectivity index (χ0n) is 7.23. The maximum Gasteiger partial charge on any atom is 0.329 e. The van der Waals surface area contributed by atoms with Crippen molar-refractivity contribution in [1.82, 2.24) is 5.32 Å². The first-order chi connectivity index (χ1) is 6.68. The SMILES string of the molecule is O=C1CNC(=O)N1c1ccc(O)cc1. The molecule has 0 spiro atoms. The van der Waals surface area contributed by atoms with Crippen molar-refractivity contribution in [2.24, 2.45) is 0 Å². The number of nitrogens with one attached hydrogen (secondary N) is 1. The molecule has 0 unspecified atom stereocenters. The monoisotopic (exact) mass is 192 g/mol. The number of hydrogen-bond donors (Lipinski definition) is 2. The molecule has 0 aromatic heterocycles. The second-order valence-corrected chi connectivity index (χ2v) is 2.90. The molecule has 2 N–H and O–H groups in total. The Morgan fingerprint density at radius 2 is 1.86 bits per heavy atom. The lowest BCUT2D eigenvalue weighted by Crippen LogP contribution is -2.30. The summed E-state index contributed by atoms with van der Waals surface area (Å²) in [5.41, 5.74) is 0.461. The fourth-order valence-electron chi connectivity index (χ4n) is 1.29. The average Bonchev–Trinajstić information content (AvgIpc) is 2.49. The van der Waals surface area contributed by atoms with Gasteiger partial charge in [-0.3, -0.25) is 4.79 Å². The number of urea groups is 1. The summed E-state index contributed by atoms with van der Waals surface area (Å²) in [5, 5.41) is 11.4. The molecule has 2 rings (SSSR count). The minimum Gasteiger partial charge on any atom is -0.508 e. The lowest BCUT2D eigenvalue weighted by atomic mass is 10.3. The van der Waals surface area contributed by atoms with Crippen LogP contribution in [0.2, 0.25) is 0 Å². The number of phenols is 1. The van der Waals surface area contributed by atoms with Gasteiger partial charge in [0.05, 0.1) is 12.2 Å². The van der Waals surface area contributed by atoms with E-state index < -0.39 is 6.03 Å². The molecule has 0 bridgehead atoms. The Hall–Kier alpha value is -2.04. The highest BCUT2D eigenvalue weighted by Crippen LogP contribution is 2.20. The van der Waals surface area contributed by atoms with Crippen LogP contribution < -0.4 is 10.2 Å². The number of aromatic hydroxyl groups is 1. The summed E-state index contributed by atoms with van der Waals surface area (Å²) in [4.78, 5) is 23.5. The van der Waals surface area contributed by atoms with Crippen LogP contribution in [0.15, 0.2) is 24.3 Å². The van der Waals surface area contributed by atoms with Gasteiger partial charge in [0.25, 0.3) is 5.91 Å². The van der Waals surface area contributed by atoms with Crippen LogP contribution in [0.5, 0.6) is 5.75 Å². The quantitative estimate of drug-likeness (QED) is 0.634. The Labute approximate surface area is 79.9 Å². The lowest BCUT2D eigenvalue weighted by Gasteiger charge is -2.11. The summed E-state index contributed by atoms with van der Waals surface area (Å²) in [6, 6.07) is 5.44. The fourth-order valence-corrected chi connectivity index (χ4v) is 1.29. The van der Waals surface area contributed by atoms with E-state index in [-0.39, 0.29) is 18.2 Å². The van der Waals surface area contributed by atoms with Gasteiger partial charge in [0.1, 0.15) is 5.75 Å². The minimum atomic E-state index is -0.430. The lowest BCUT2D eigenvalue weighted by molar-refractivity contribution is -0.115. The van der Waals surface area contributed by atoms with E-state index in [9.17, 15) is 9.59 Å². The number of anilines is 1. The van der Waals surface area contributed by atoms with E-state index in [1.165, 1.54) is 24.3 Å². The summed E-state index contributed by atoms with van der Waals surface area (Å²) in [7, 11) is 0. The van der Waals surface area contributed by atoms with Crippen molar-refractivity contribution >= 4 is 17.6 Å². The predicted octanol–water partition coefficient (Wildman–Crippen LogP) is 0.448. The third kappa shape index (κ3) is 1.28. The highest BCUT2D eigenvalue weighted by atomic mass is 16.3. The van der Waals surface area contributed by atoms with Gasteiger partial charge in [0.15, 0.2) is 0 Å². The largest absolute Gasteiger partial charge is 0.508 e. The van der Waals surface area contributed by atoms with Crippen LogP contribution in [-0.4, -0.2) is 23.6 Å². The second kappa shape index (κ2) is 3.02. The summed E-state index contributed by atoms with van der Waals surface area (Å²) in [5.74, 6) is -0.193. The number of hydrogen-bond acceptors (Lipinski definition) is 3. The zero-order chi connectivity index (χ0) is 10.1. The van der Waals surface area contributed by atoms with E-state index in [0.717, 1.165) is 4.90 Å². The Kier molecular flexibility index (Phi) is 1.85. The summed E-state index contributed by atoms with van der Waals surface area (Å²) in [6.45, 7) is 0.0275. The standard InChI is InChI=1S/C9H8N2O3/c12-7-3-1-6(2-4-7)11-8(13)5-10-9(11)14/h1-4,12H,5H2,(H,10,14). The Bertz CT molecular complexity index is 370. The second-order valence-electron chi connectivity index (χ2n) is 2.90. The number of nitrogens with zero attached hydrogens (tertiary/aromatic N) is 1. The normalized spacial score (nSPS) is 15.9. The molecule has 5 nitrogen and oxygen atoms in total. The number of rotatable bonds is 1. The van der Waals surface area contributed by atoms with E-state index in [2.05, 4.69) is 5.32 Å². The van der Waals surface area contributed by atoms with Crippen LogP contribution in [0, 0.1) is 0 Å². The van der Waals surface area contributed by atoms with Gasteiger partial charge in [-0.1, -0.05) is 0 Å². The van der Waals surface area contributed by atoms with Crippen LogP contribution in [0.25, 0.3) is 0 Å². The molecular weight excluding hydrogens is 184 g/mol. The summed E-state index contributed by atoms with van der Waals surface area (Å²) < 4.78 is 0. The van der Waals surface area contributed by atoms with Gasteiger partial charge in [-0.2, -0.15) is 0 Å². The van der Waals surface area contributed by atoms with Crippen molar-refractivity contribution in [3.63, 3.8) is 0 Å². The Balaban J connectivity index is 2.34. The molecule has 14 heavy (non-hydrogen) atoms. The number of amides is 3. The molecule has 1 aliphatic heterocycles. The molecule has 0 aliphatic carbocycles. The predicted molar refractivity (Wildman–Crippen MR) is 49.0 cm³/mol. The maximum absolute atomic E-state index is 11.3. The van der Waals surface area contributed by atoms with Gasteiger partial charge in [0.2, 0.25) is 0 Å². The van der Waals surface area contributed by atoms with E-state index in [4.69, 9.17) is 5.11 Å². The molecule has 1 saturated heterocycles. The Morgan fingerprint density at radius 1 is 1.21 bits per heavy atom. The third-order valence-corrected chi connectivity index (χ3v) is 1.95. The van der Waals surface area contributed by atoms with Crippen LogP contribution in [0.3, 0.4) is 0 Å². The van der Waals surface area contributed by atoms with Crippen molar-refractivity contribution < 1.29 is 14.7 Å². The molecule has 0 radical (unpaired) electrons. The molecule has 1 fully saturated rings. The highest BCUT2D eigenvalue weighted by Gasteiger charge is 2.29. The van der Waals surface area contributed by atoms with Gasteiger partial charge in [-0.15, -0.1) is 0 Å². The molecule has 1 heterocycles. The Morgan fingerprint density at radius 3 is 2.36 bits per heavy atom. The van der Waals surface area contributed by atoms with E-state index in [1.54, 1.807) is 0 Å². The first-order valence-corrected chi connectivity index (χ1v) is 4.08. The first-order valence-electron chi connectivity index (χ1n) is 4.08. The van der Waals surface area contributed by atoms with Crippen molar-refractivity contribution in [3.05, 3.63) is 24.3 Å². The third-order valence-electron chi connectivity index (χ3n) is 1.95. The number of benzene rings is 1. The molecule has 72 valence electrons. The van der Waals surface area contributed by atoms with Crippen LogP contribution in [0.1, 0.15) is 0 Å². The molecule has 0 atom stereocenters. The van der Waals surface area contributed by atoms with E-state index >= 15 is 0 Å². The average molecular weight is 192 g/mol. The van der Waals surface area contributed by atoms with Gasteiger partial charge in [-0.05, 0) is 24.3 Å². The van der Waals surface area contributed by atoms with E-state index in [1.807, 2.05) is 0 Å². The van der Waals surface area contributed by atoms with Crippen LogP contribution in [-0.2, 0) is 4.79 Å². The minimum absolute atomic E-state index is 0.0275. The molecule has 1 aromatic rings. The topological polar surface area (TPSA) is 69.6 Å². The van der Waals surface area contributed by atoms with Crippen molar-refractivity contribution in [1.29, 1.82) is 0 Å². The highest BCUT2D eigenvalue weighted by molar-refractivity contribution is 6.19. The first kappa shape index (κ1) is 8.55. The molecule has 1 aromatic carbocycles. The zero-order valence-corrected chi connectivity index (χ0v) is 7.23. The smallest absolute Gasteiger partial charge is 0.329 e. The summed E-state index contributed by atoms with van der Waals surface area (Å²) in [6.07, 6.45) is 0. The van der Waals surface area contributed by atoms with Crippen LogP contribution >= 0.6 is 0 Å². The van der Waals surface area contributed by atoms with Crippen molar-refractivity contribution in [2.75, 3.05) is 11.4 Å². The number of carbonyl (C=O) groups excluding carboxylic acids is 2. The molecular formula is C9H8N2O3. The molecule has 3 amide bonds. The van der Waals surface area contributed by atoms with Crippen molar-refractivity contribution in [2.45, 2.75) is 0 Å². The fraction of sp³-hybridized carbons (Fsp3) is 0.111. The van der Waals surface area contributed by atoms with Crippen LogP contribution in [0.4, 0.5) is 10.5 Å². The van der Waals surface area contributed by atoms with Crippen molar-refractivity contribution in [3.8, 4) is 5.75 Å². The van der Waals surface area contributed by atoms with Gasteiger partial charge < -0.3 is 10.4 Å². The molecule has 5 heteroatoms.